The third kappa shape index (κ3) is 1.83. The van der Waals surface area contributed by atoms with Crippen LogP contribution in [0.5, 0.6) is 0 Å². The van der Waals surface area contributed by atoms with Crippen molar-refractivity contribution in [3.8, 4) is 0 Å². The number of halogens is 1. The first-order valence-corrected chi connectivity index (χ1v) is 4.53. The van der Waals surface area contributed by atoms with E-state index in [0.29, 0.717) is 11.6 Å². The zero-order valence-electron chi connectivity index (χ0n) is 6.73. The van der Waals surface area contributed by atoms with Gasteiger partial charge in [-0.2, -0.15) is 0 Å². The standard InChI is InChI=1S/C8H12BrNO/c1-5-3-6(10)4-7(11-2)8(5)9/h4-5,8,10H,3H2,1-2H3. The molecule has 0 aromatic heterocycles. The Morgan fingerprint density at radius 2 is 2.36 bits per heavy atom. The summed E-state index contributed by atoms with van der Waals surface area (Å²) in [6.45, 7) is 2.11. The molecule has 0 aromatic carbocycles. The molecule has 0 bridgehead atoms. The minimum absolute atomic E-state index is 0.279. The van der Waals surface area contributed by atoms with Crippen LogP contribution >= 0.6 is 15.9 Å². The monoisotopic (exact) mass is 217 g/mol. The van der Waals surface area contributed by atoms with E-state index < -0.39 is 0 Å². The second-order valence-electron chi connectivity index (χ2n) is 2.86. The van der Waals surface area contributed by atoms with E-state index in [4.69, 9.17) is 10.1 Å². The highest BCUT2D eigenvalue weighted by atomic mass is 79.9. The van der Waals surface area contributed by atoms with Gasteiger partial charge in [0.25, 0.3) is 0 Å². The molecule has 0 saturated carbocycles. The molecule has 0 aliphatic heterocycles. The van der Waals surface area contributed by atoms with Gasteiger partial charge in [-0.3, -0.25) is 0 Å². The summed E-state index contributed by atoms with van der Waals surface area (Å²) >= 11 is 3.52. The predicted octanol–water partition coefficient (Wildman–Crippen LogP) is 2.34. The van der Waals surface area contributed by atoms with Crippen molar-refractivity contribution in [2.45, 2.75) is 18.2 Å². The molecule has 62 valence electrons. The summed E-state index contributed by atoms with van der Waals surface area (Å²) in [5, 5.41) is 7.47. The van der Waals surface area contributed by atoms with Gasteiger partial charge in [0.1, 0.15) is 5.76 Å². The minimum atomic E-state index is 0.279. The predicted molar refractivity (Wildman–Crippen MR) is 49.3 cm³/mol. The SMILES string of the molecule is COC1=CC(=N)CC(C)C1Br. The minimum Gasteiger partial charge on any atom is -0.500 e. The fourth-order valence-corrected chi connectivity index (χ4v) is 1.72. The highest BCUT2D eigenvalue weighted by Gasteiger charge is 2.24. The molecule has 2 atom stereocenters. The Hall–Kier alpha value is -0.310. The Kier molecular flexibility index (Phi) is 2.71. The molecule has 0 fully saturated rings. The smallest absolute Gasteiger partial charge is 0.111 e. The van der Waals surface area contributed by atoms with Crippen molar-refractivity contribution in [1.29, 1.82) is 5.41 Å². The Morgan fingerprint density at radius 3 is 2.91 bits per heavy atom. The second kappa shape index (κ2) is 3.39. The summed E-state index contributed by atoms with van der Waals surface area (Å²) < 4.78 is 5.12. The van der Waals surface area contributed by atoms with Crippen LogP contribution in [0.3, 0.4) is 0 Å². The average molecular weight is 218 g/mol. The summed E-state index contributed by atoms with van der Waals surface area (Å²) in [6, 6.07) is 0. The summed E-state index contributed by atoms with van der Waals surface area (Å²) in [5.41, 5.74) is 0.657. The molecular formula is C8H12BrNO. The zero-order chi connectivity index (χ0) is 8.43. The molecule has 0 spiro atoms. The number of allylic oxidation sites excluding steroid dienone is 2. The molecule has 2 nitrogen and oxygen atoms in total. The molecule has 1 rings (SSSR count). The fraction of sp³-hybridized carbons (Fsp3) is 0.625. The van der Waals surface area contributed by atoms with Crippen LogP contribution in [0.1, 0.15) is 13.3 Å². The summed E-state index contributed by atoms with van der Waals surface area (Å²) in [6.07, 6.45) is 2.63. The van der Waals surface area contributed by atoms with Crippen LogP contribution in [0.25, 0.3) is 0 Å². The van der Waals surface area contributed by atoms with E-state index in [0.717, 1.165) is 12.2 Å². The number of rotatable bonds is 1. The van der Waals surface area contributed by atoms with Gasteiger partial charge >= 0.3 is 0 Å². The molecule has 2 unspecified atom stereocenters. The van der Waals surface area contributed by atoms with Gasteiger partial charge in [-0.05, 0) is 18.4 Å². The van der Waals surface area contributed by atoms with Gasteiger partial charge in [-0.1, -0.05) is 22.9 Å². The molecular weight excluding hydrogens is 206 g/mol. The molecule has 0 heterocycles. The Balaban J connectivity index is 2.81. The van der Waals surface area contributed by atoms with E-state index in [1.54, 1.807) is 13.2 Å². The van der Waals surface area contributed by atoms with Crippen molar-refractivity contribution in [1.82, 2.24) is 0 Å². The van der Waals surface area contributed by atoms with Crippen LogP contribution in [-0.2, 0) is 4.74 Å². The molecule has 1 N–H and O–H groups in total. The summed E-state index contributed by atoms with van der Waals surface area (Å²) in [5.74, 6) is 1.33. The van der Waals surface area contributed by atoms with Crippen molar-refractivity contribution in [3.05, 3.63) is 11.8 Å². The van der Waals surface area contributed by atoms with Crippen LogP contribution in [-0.4, -0.2) is 17.6 Å². The van der Waals surface area contributed by atoms with Gasteiger partial charge in [-0.15, -0.1) is 0 Å². The van der Waals surface area contributed by atoms with Crippen molar-refractivity contribution in [2.24, 2.45) is 5.92 Å². The van der Waals surface area contributed by atoms with Crippen LogP contribution in [0.2, 0.25) is 0 Å². The van der Waals surface area contributed by atoms with E-state index in [-0.39, 0.29) is 4.83 Å². The lowest BCUT2D eigenvalue weighted by Gasteiger charge is -2.24. The van der Waals surface area contributed by atoms with Gasteiger partial charge in [0.05, 0.1) is 11.9 Å². The number of alkyl halides is 1. The average Bonchev–Trinajstić information content (AvgIpc) is 1.96. The summed E-state index contributed by atoms with van der Waals surface area (Å²) in [7, 11) is 1.64. The fourth-order valence-electron chi connectivity index (χ4n) is 1.21. The Labute approximate surface area is 75.3 Å². The molecule has 11 heavy (non-hydrogen) atoms. The van der Waals surface area contributed by atoms with E-state index in [1.165, 1.54) is 0 Å². The lowest BCUT2D eigenvalue weighted by molar-refractivity contribution is 0.266. The van der Waals surface area contributed by atoms with Crippen molar-refractivity contribution >= 4 is 21.6 Å². The van der Waals surface area contributed by atoms with E-state index in [9.17, 15) is 0 Å². The molecule has 0 aromatic rings. The quantitative estimate of drug-likeness (QED) is 0.673. The van der Waals surface area contributed by atoms with Gasteiger partial charge in [0.15, 0.2) is 0 Å². The topological polar surface area (TPSA) is 33.1 Å². The number of hydrogen-bond acceptors (Lipinski definition) is 2. The van der Waals surface area contributed by atoms with Crippen LogP contribution in [0.4, 0.5) is 0 Å². The number of hydrogen-bond donors (Lipinski definition) is 1. The number of ether oxygens (including phenoxy) is 1. The second-order valence-corrected chi connectivity index (χ2v) is 3.85. The van der Waals surface area contributed by atoms with Crippen molar-refractivity contribution in [3.63, 3.8) is 0 Å². The third-order valence-electron chi connectivity index (χ3n) is 1.87. The van der Waals surface area contributed by atoms with Gasteiger partial charge < -0.3 is 10.1 Å². The van der Waals surface area contributed by atoms with Gasteiger partial charge in [0.2, 0.25) is 0 Å². The first-order chi connectivity index (χ1) is 5.15. The van der Waals surface area contributed by atoms with Crippen LogP contribution in [0, 0.1) is 11.3 Å². The zero-order valence-corrected chi connectivity index (χ0v) is 8.31. The number of nitrogens with one attached hydrogen (secondary N) is 1. The largest absolute Gasteiger partial charge is 0.500 e. The lowest BCUT2D eigenvalue weighted by Crippen LogP contribution is -2.23. The molecule has 0 saturated heterocycles. The van der Waals surface area contributed by atoms with Crippen molar-refractivity contribution < 1.29 is 4.74 Å². The first-order valence-electron chi connectivity index (χ1n) is 3.62. The highest BCUT2D eigenvalue weighted by Crippen LogP contribution is 2.28. The third-order valence-corrected chi connectivity index (χ3v) is 3.22. The van der Waals surface area contributed by atoms with E-state index in [2.05, 4.69) is 22.9 Å². The van der Waals surface area contributed by atoms with Crippen molar-refractivity contribution in [2.75, 3.05) is 7.11 Å². The first kappa shape index (κ1) is 8.78. The maximum Gasteiger partial charge on any atom is 0.111 e. The Bertz CT molecular complexity index is 200. The van der Waals surface area contributed by atoms with E-state index in [1.807, 2.05) is 0 Å². The molecule has 0 amide bonds. The highest BCUT2D eigenvalue weighted by molar-refractivity contribution is 9.09. The van der Waals surface area contributed by atoms with Gasteiger partial charge in [0, 0.05) is 5.71 Å². The van der Waals surface area contributed by atoms with Crippen LogP contribution in [0.15, 0.2) is 11.8 Å². The maximum atomic E-state index is 7.47. The summed E-state index contributed by atoms with van der Waals surface area (Å²) in [4.78, 5) is 0.279. The maximum absolute atomic E-state index is 7.47. The molecule has 1 aliphatic rings. The Morgan fingerprint density at radius 1 is 1.73 bits per heavy atom. The molecule has 0 radical (unpaired) electrons. The van der Waals surface area contributed by atoms with Gasteiger partial charge in [-0.25, -0.2) is 0 Å². The normalized spacial score (nSPS) is 31.5. The number of methoxy groups -OCH3 is 1. The van der Waals surface area contributed by atoms with Crippen LogP contribution < -0.4 is 0 Å². The van der Waals surface area contributed by atoms with E-state index >= 15 is 0 Å². The lowest BCUT2D eigenvalue weighted by atomic mass is 9.93. The molecule has 3 heteroatoms. The molecule has 1 aliphatic carbocycles.